The van der Waals surface area contributed by atoms with Gasteiger partial charge in [0.05, 0.1) is 25.4 Å². The van der Waals surface area contributed by atoms with Crippen LogP contribution in [0.25, 0.3) is 11.5 Å². The maximum absolute atomic E-state index is 6.10. The number of rotatable bonds is 7. The van der Waals surface area contributed by atoms with Crippen LogP contribution in [0.4, 0.5) is 0 Å². The topological polar surface area (TPSA) is 72.1 Å². The van der Waals surface area contributed by atoms with Gasteiger partial charge in [-0.1, -0.05) is 17.7 Å². The molecule has 2 aliphatic heterocycles. The van der Waals surface area contributed by atoms with Crippen molar-refractivity contribution in [2.24, 2.45) is 4.99 Å². The van der Waals surface area contributed by atoms with E-state index in [0.29, 0.717) is 24.6 Å². The lowest BCUT2D eigenvalue weighted by Crippen LogP contribution is -2.47. The first-order valence-electron chi connectivity index (χ1n) is 11.5. The van der Waals surface area contributed by atoms with Crippen molar-refractivity contribution in [1.82, 2.24) is 15.2 Å². The number of likely N-dealkylation sites (tertiary alicyclic amines) is 1. The van der Waals surface area contributed by atoms with Gasteiger partial charge < -0.3 is 24.1 Å². The van der Waals surface area contributed by atoms with Crippen molar-refractivity contribution in [2.45, 2.75) is 58.3 Å². The van der Waals surface area contributed by atoms with E-state index in [1.165, 1.54) is 5.56 Å². The summed E-state index contributed by atoms with van der Waals surface area (Å²) in [4.78, 5) is 11.7. The van der Waals surface area contributed by atoms with E-state index in [1.807, 2.05) is 12.1 Å². The van der Waals surface area contributed by atoms with Crippen LogP contribution in [-0.4, -0.2) is 60.9 Å². The highest BCUT2D eigenvalue weighted by molar-refractivity contribution is 5.80. The number of hydrogen-bond donors (Lipinski definition) is 1. The number of nitrogens with zero attached hydrogens (tertiary/aromatic N) is 3. The smallest absolute Gasteiger partial charge is 0.226 e. The molecule has 0 saturated carbocycles. The molecule has 3 heterocycles. The van der Waals surface area contributed by atoms with Crippen LogP contribution in [0.3, 0.4) is 0 Å². The van der Waals surface area contributed by atoms with Crippen molar-refractivity contribution in [1.29, 1.82) is 0 Å². The van der Waals surface area contributed by atoms with Crippen molar-refractivity contribution in [3.63, 3.8) is 0 Å². The van der Waals surface area contributed by atoms with E-state index in [2.05, 4.69) is 41.2 Å². The number of benzene rings is 1. The molecule has 168 valence electrons. The number of nitrogens with one attached hydrogen (secondary N) is 1. The number of oxazole rings is 1. The van der Waals surface area contributed by atoms with E-state index in [0.717, 1.165) is 75.7 Å². The summed E-state index contributed by atoms with van der Waals surface area (Å²) in [5.41, 5.74) is 3.04. The molecule has 7 nitrogen and oxygen atoms in total. The average molecular weight is 427 g/mol. The predicted octanol–water partition coefficient (Wildman–Crippen LogP) is 3.78. The molecule has 31 heavy (non-hydrogen) atoms. The van der Waals surface area contributed by atoms with Gasteiger partial charge in [-0.2, -0.15) is 0 Å². The van der Waals surface area contributed by atoms with Crippen molar-refractivity contribution < 1.29 is 13.9 Å². The first-order chi connectivity index (χ1) is 15.2. The molecule has 0 bridgehead atoms. The summed E-state index contributed by atoms with van der Waals surface area (Å²) in [5.74, 6) is 1.57. The Morgan fingerprint density at radius 3 is 2.74 bits per heavy atom. The molecule has 2 aromatic rings. The van der Waals surface area contributed by atoms with E-state index in [4.69, 9.17) is 18.9 Å². The van der Waals surface area contributed by atoms with Gasteiger partial charge in [0.25, 0.3) is 0 Å². The van der Waals surface area contributed by atoms with E-state index in [9.17, 15) is 0 Å². The van der Waals surface area contributed by atoms with Crippen LogP contribution < -0.4 is 5.32 Å². The van der Waals surface area contributed by atoms with Crippen molar-refractivity contribution in [2.75, 3.05) is 32.8 Å². The molecule has 2 fully saturated rings. The van der Waals surface area contributed by atoms with Crippen LogP contribution in [-0.2, 0) is 16.0 Å². The normalized spacial score (nSPS) is 20.4. The second-order valence-electron chi connectivity index (χ2n) is 8.33. The number of aryl methyl sites for hydroxylation is 1. The second kappa shape index (κ2) is 10.8. The minimum absolute atomic E-state index is 0.296. The molecule has 7 heteroatoms. The zero-order chi connectivity index (χ0) is 21.5. The third-order valence-corrected chi connectivity index (χ3v) is 5.86. The zero-order valence-electron chi connectivity index (χ0n) is 18.7. The first kappa shape index (κ1) is 21.8. The lowest BCUT2D eigenvalue weighted by atomic mass is 10.1. The summed E-state index contributed by atoms with van der Waals surface area (Å²) in [6.45, 7) is 8.99. The SMILES string of the molecule is CCNC(=NCc1coc(-c2ccc(C)cc2)n1)N1CCC(OCC2CCCO2)CC1. The lowest BCUT2D eigenvalue weighted by Gasteiger charge is -2.34. The average Bonchev–Trinajstić information content (AvgIpc) is 3.48. The summed E-state index contributed by atoms with van der Waals surface area (Å²) in [6.07, 6.45) is 6.63. The Morgan fingerprint density at radius 1 is 1.23 bits per heavy atom. The van der Waals surface area contributed by atoms with Crippen LogP contribution in [0.2, 0.25) is 0 Å². The third kappa shape index (κ3) is 6.08. The molecule has 4 rings (SSSR count). The molecule has 1 aromatic carbocycles. The molecule has 0 aliphatic carbocycles. The second-order valence-corrected chi connectivity index (χ2v) is 8.33. The maximum atomic E-state index is 6.10. The fraction of sp³-hybridized carbons (Fsp3) is 0.583. The van der Waals surface area contributed by atoms with Crippen molar-refractivity contribution >= 4 is 5.96 Å². The highest BCUT2D eigenvalue weighted by Crippen LogP contribution is 2.20. The van der Waals surface area contributed by atoms with Gasteiger partial charge >= 0.3 is 0 Å². The number of guanidine groups is 1. The van der Waals surface area contributed by atoms with Gasteiger partial charge in [0.1, 0.15) is 12.0 Å². The fourth-order valence-corrected chi connectivity index (χ4v) is 4.04. The third-order valence-electron chi connectivity index (χ3n) is 5.86. The van der Waals surface area contributed by atoms with Crippen LogP contribution in [0.15, 0.2) is 39.9 Å². The standard InChI is InChI=1S/C24H34N4O3/c1-3-25-24(28-12-10-21(11-13-28)30-17-22-5-4-14-29-22)26-15-20-16-31-23(27-20)19-8-6-18(2)7-9-19/h6-9,16,21-22H,3-5,10-15,17H2,1-2H3,(H,25,26). The number of piperidine rings is 1. The Labute approximate surface area is 184 Å². The van der Waals surface area contributed by atoms with E-state index >= 15 is 0 Å². The molecule has 1 N–H and O–H groups in total. The van der Waals surface area contributed by atoms with Crippen LogP contribution >= 0.6 is 0 Å². The fourth-order valence-electron chi connectivity index (χ4n) is 4.04. The Morgan fingerprint density at radius 2 is 2.03 bits per heavy atom. The number of hydrogen-bond acceptors (Lipinski definition) is 5. The van der Waals surface area contributed by atoms with Crippen molar-refractivity contribution in [3.05, 3.63) is 41.8 Å². The minimum atomic E-state index is 0.296. The van der Waals surface area contributed by atoms with Gasteiger partial charge in [0.15, 0.2) is 5.96 Å². The predicted molar refractivity (Wildman–Crippen MR) is 121 cm³/mol. The lowest BCUT2D eigenvalue weighted by molar-refractivity contribution is -0.0367. The maximum Gasteiger partial charge on any atom is 0.226 e. The number of aliphatic imine (C=N–C) groups is 1. The molecule has 1 atom stereocenters. The van der Waals surface area contributed by atoms with Gasteiger partial charge in [-0.05, 0) is 51.7 Å². The molecule has 0 spiro atoms. The summed E-state index contributed by atoms with van der Waals surface area (Å²) in [6, 6.07) is 8.19. The molecule has 2 aliphatic rings. The summed E-state index contributed by atoms with van der Waals surface area (Å²) in [7, 11) is 0. The minimum Gasteiger partial charge on any atom is -0.444 e. The van der Waals surface area contributed by atoms with E-state index in [-0.39, 0.29) is 0 Å². The molecular formula is C24H34N4O3. The Hall–Kier alpha value is -2.38. The first-order valence-corrected chi connectivity index (χ1v) is 11.5. The molecule has 0 amide bonds. The van der Waals surface area contributed by atoms with Crippen LogP contribution in [0.1, 0.15) is 43.9 Å². The summed E-state index contributed by atoms with van der Waals surface area (Å²) in [5, 5.41) is 3.42. The quantitative estimate of drug-likeness (QED) is 0.537. The molecule has 0 radical (unpaired) electrons. The van der Waals surface area contributed by atoms with Gasteiger partial charge in [0.2, 0.25) is 5.89 Å². The monoisotopic (exact) mass is 426 g/mol. The number of aromatic nitrogens is 1. The van der Waals surface area contributed by atoms with Gasteiger partial charge in [-0.25, -0.2) is 9.98 Å². The van der Waals surface area contributed by atoms with Gasteiger partial charge in [-0.15, -0.1) is 0 Å². The Kier molecular flexibility index (Phi) is 7.59. The van der Waals surface area contributed by atoms with Gasteiger partial charge in [0, 0.05) is 31.8 Å². The Bertz CT molecular complexity index is 835. The summed E-state index contributed by atoms with van der Waals surface area (Å²) >= 11 is 0. The van der Waals surface area contributed by atoms with E-state index in [1.54, 1.807) is 6.26 Å². The van der Waals surface area contributed by atoms with Crippen LogP contribution in [0.5, 0.6) is 0 Å². The van der Waals surface area contributed by atoms with Crippen LogP contribution in [0, 0.1) is 6.92 Å². The molecule has 2 saturated heterocycles. The van der Waals surface area contributed by atoms with Crippen molar-refractivity contribution in [3.8, 4) is 11.5 Å². The summed E-state index contributed by atoms with van der Waals surface area (Å²) < 4.78 is 17.4. The zero-order valence-corrected chi connectivity index (χ0v) is 18.7. The largest absolute Gasteiger partial charge is 0.444 e. The number of ether oxygens (including phenoxy) is 2. The Balaban J connectivity index is 1.30. The highest BCUT2D eigenvalue weighted by Gasteiger charge is 2.24. The van der Waals surface area contributed by atoms with Gasteiger partial charge in [-0.3, -0.25) is 0 Å². The molecule has 1 unspecified atom stereocenters. The van der Waals surface area contributed by atoms with E-state index < -0.39 is 0 Å². The highest BCUT2D eigenvalue weighted by atomic mass is 16.5. The molecule has 1 aromatic heterocycles. The molecular weight excluding hydrogens is 392 g/mol.